The number of fused-ring (bicyclic) bond motifs is 1. The van der Waals surface area contributed by atoms with Crippen LogP contribution >= 0.6 is 0 Å². The Morgan fingerprint density at radius 1 is 1.18 bits per heavy atom. The van der Waals surface area contributed by atoms with Crippen LogP contribution in [0, 0.1) is 0 Å². The Hall–Kier alpha value is -3.98. The molecule has 1 saturated heterocycles. The van der Waals surface area contributed by atoms with E-state index in [1.165, 1.54) is 0 Å². The van der Waals surface area contributed by atoms with Crippen molar-refractivity contribution in [2.45, 2.75) is 13.0 Å². The van der Waals surface area contributed by atoms with Crippen LogP contribution in [0.2, 0.25) is 0 Å². The number of nitrogens with one attached hydrogen (secondary N) is 2. The van der Waals surface area contributed by atoms with Crippen molar-refractivity contribution >= 4 is 22.6 Å². The van der Waals surface area contributed by atoms with Crippen LogP contribution in [0.3, 0.4) is 0 Å². The van der Waals surface area contributed by atoms with E-state index in [0.29, 0.717) is 18.0 Å². The van der Waals surface area contributed by atoms with Crippen LogP contribution in [0.25, 0.3) is 33.4 Å². The van der Waals surface area contributed by atoms with E-state index in [1.807, 2.05) is 67.5 Å². The average molecular weight is 458 g/mol. The Balaban J connectivity index is 1.60. The van der Waals surface area contributed by atoms with Gasteiger partial charge in [-0.15, -0.1) is 0 Å². The van der Waals surface area contributed by atoms with Crippen LogP contribution in [-0.4, -0.2) is 63.5 Å². The summed E-state index contributed by atoms with van der Waals surface area (Å²) in [7, 11) is 3.48. The first-order valence-electron chi connectivity index (χ1n) is 11.3. The molecule has 5 rings (SSSR count). The Bertz CT molecular complexity index is 1340. The third-order valence-corrected chi connectivity index (χ3v) is 6.09. The van der Waals surface area contributed by atoms with E-state index in [0.717, 1.165) is 46.5 Å². The lowest BCUT2D eigenvalue weighted by atomic mass is 10.0. The number of rotatable bonds is 4. The highest BCUT2D eigenvalue weighted by Gasteiger charge is 2.24. The molecule has 2 aromatic heterocycles. The molecule has 3 heterocycles. The zero-order valence-corrected chi connectivity index (χ0v) is 19.4. The van der Waals surface area contributed by atoms with Crippen molar-refractivity contribution in [3.8, 4) is 28.3 Å². The molecule has 9 nitrogen and oxygen atoms in total. The van der Waals surface area contributed by atoms with E-state index in [2.05, 4.69) is 25.7 Å². The number of ether oxygens (including phenoxy) is 1. The molecule has 4 aromatic rings. The zero-order valence-electron chi connectivity index (χ0n) is 19.4. The minimum Gasteiger partial charge on any atom is -0.494 e. The number of amides is 2. The van der Waals surface area contributed by atoms with Gasteiger partial charge in [-0.3, -0.25) is 4.68 Å². The molecule has 174 valence electrons. The Labute approximate surface area is 197 Å². The van der Waals surface area contributed by atoms with E-state index in [1.54, 1.807) is 18.1 Å². The largest absolute Gasteiger partial charge is 0.494 e. The van der Waals surface area contributed by atoms with Gasteiger partial charge in [0.1, 0.15) is 17.8 Å². The minimum absolute atomic E-state index is 0.0999. The number of carbonyl (C=O) groups is 1. The molecule has 2 amide bonds. The Kier molecular flexibility index (Phi) is 5.85. The van der Waals surface area contributed by atoms with Gasteiger partial charge in [0.25, 0.3) is 0 Å². The highest BCUT2D eigenvalue weighted by atomic mass is 16.5. The summed E-state index contributed by atoms with van der Waals surface area (Å²) in [5, 5.41) is 11.8. The van der Waals surface area contributed by atoms with Gasteiger partial charge in [-0.1, -0.05) is 30.3 Å². The molecule has 1 unspecified atom stereocenters. The summed E-state index contributed by atoms with van der Waals surface area (Å²) < 4.78 is 7.37. The van der Waals surface area contributed by atoms with Crippen LogP contribution in [0.1, 0.15) is 6.92 Å². The zero-order chi connectivity index (χ0) is 23.7. The SMILES string of the molecule is COc1cc2ncnc(-c3cn(C)nc3-c3ccccc3)c2cc1NC(=O)N1CCNCC1C. The minimum atomic E-state index is -0.156. The highest BCUT2D eigenvalue weighted by molar-refractivity contribution is 6.01. The van der Waals surface area contributed by atoms with Gasteiger partial charge in [0.15, 0.2) is 0 Å². The van der Waals surface area contributed by atoms with Gasteiger partial charge in [0.05, 0.1) is 24.0 Å². The van der Waals surface area contributed by atoms with Crippen molar-refractivity contribution in [3.63, 3.8) is 0 Å². The summed E-state index contributed by atoms with van der Waals surface area (Å²) in [4.78, 5) is 24.0. The predicted molar refractivity (Wildman–Crippen MR) is 132 cm³/mol. The molecule has 0 spiro atoms. The smallest absolute Gasteiger partial charge is 0.322 e. The number of hydrogen-bond acceptors (Lipinski definition) is 6. The van der Waals surface area contributed by atoms with E-state index >= 15 is 0 Å². The fraction of sp³-hybridized carbons (Fsp3) is 0.280. The molecular weight excluding hydrogens is 430 g/mol. The molecule has 1 aliphatic rings. The molecule has 0 saturated carbocycles. The van der Waals surface area contributed by atoms with Gasteiger partial charge in [0.2, 0.25) is 0 Å². The maximum Gasteiger partial charge on any atom is 0.322 e. The van der Waals surface area contributed by atoms with Crippen molar-refractivity contribution in [1.29, 1.82) is 0 Å². The second-order valence-corrected chi connectivity index (χ2v) is 8.40. The Morgan fingerprint density at radius 3 is 2.76 bits per heavy atom. The normalized spacial score (nSPS) is 16.0. The summed E-state index contributed by atoms with van der Waals surface area (Å²) in [6.45, 7) is 4.22. The predicted octanol–water partition coefficient (Wildman–Crippen LogP) is 3.53. The van der Waals surface area contributed by atoms with Crippen LogP contribution < -0.4 is 15.4 Å². The van der Waals surface area contributed by atoms with Gasteiger partial charge in [-0.25, -0.2) is 14.8 Å². The number of hydrogen-bond donors (Lipinski definition) is 2. The molecule has 0 bridgehead atoms. The summed E-state index contributed by atoms with van der Waals surface area (Å²) in [6, 6.07) is 13.7. The van der Waals surface area contributed by atoms with Crippen molar-refractivity contribution in [2.75, 3.05) is 32.1 Å². The molecule has 9 heteroatoms. The molecule has 1 aliphatic heterocycles. The fourth-order valence-electron chi connectivity index (χ4n) is 4.37. The first-order valence-corrected chi connectivity index (χ1v) is 11.3. The number of nitrogens with zero attached hydrogens (tertiary/aromatic N) is 5. The maximum atomic E-state index is 13.1. The van der Waals surface area contributed by atoms with Crippen LogP contribution in [0.15, 0.2) is 55.0 Å². The third kappa shape index (κ3) is 4.06. The van der Waals surface area contributed by atoms with E-state index in [9.17, 15) is 4.79 Å². The quantitative estimate of drug-likeness (QED) is 0.487. The molecule has 2 N–H and O–H groups in total. The molecule has 0 aliphatic carbocycles. The van der Waals surface area contributed by atoms with Crippen molar-refractivity contribution in [2.24, 2.45) is 7.05 Å². The molecule has 34 heavy (non-hydrogen) atoms. The lowest BCUT2D eigenvalue weighted by Crippen LogP contribution is -2.53. The lowest BCUT2D eigenvalue weighted by molar-refractivity contribution is 0.177. The second-order valence-electron chi connectivity index (χ2n) is 8.40. The Morgan fingerprint density at radius 2 is 2.00 bits per heavy atom. The summed E-state index contributed by atoms with van der Waals surface area (Å²) in [5.41, 5.74) is 4.76. The molecule has 2 aromatic carbocycles. The van der Waals surface area contributed by atoms with E-state index in [-0.39, 0.29) is 12.1 Å². The first kappa shape index (κ1) is 21.8. The highest BCUT2D eigenvalue weighted by Crippen LogP contribution is 2.37. The van der Waals surface area contributed by atoms with E-state index < -0.39 is 0 Å². The number of anilines is 1. The third-order valence-electron chi connectivity index (χ3n) is 6.09. The van der Waals surface area contributed by atoms with Crippen molar-refractivity contribution < 1.29 is 9.53 Å². The first-order chi connectivity index (χ1) is 16.5. The summed E-state index contributed by atoms with van der Waals surface area (Å²) in [6.07, 6.45) is 3.49. The van der Waals surface area contributed by atoms with Gasteiger partial charge in [0, 0.05) is 61.5 Å². The molecule has 1 fully saturated rings. The molecule has 0 radical (unpaired) electrons. The average Bonchev–Trinajstić information content (AvgIpc) is 3.25. The van der Waals surface area contributed by atoms with Crippen molar-refractivity contribution in [1.82, 2.24) is 30.0 Å². The summed E-state index contributed by atoms with van der Waals surface area (Å²) >= 11 is 0. The topological polar surface area (TPSA) is 97.2 Å². The standard InChI is InChI=1S/C25H27N7O2/c1-16-13-26-9-10-32(16)25(33)29-21-11-18-20(12-22(21)34-3)27-15-28-24(18)19-14-31(2)30-23(19)17-7-5-4-6-8-17/h4-8,11-12,14-16,26H,9-10,13H2,1-3H3,(H,29,33). The number of carbonyl (C=O) groups excluding carboxylic acids is 1. The maximum absolute atomic E-state index is 13.1. The number of piperazine rings is 1. The summed E-state index contributed by atoms with van der Waals surface area (Å²) in [5.74, 6) is 0.544. The van der Waals surface area contributed by atoms with E-state index in [4.69, 9.17) is 4.74 Å². The number of benzene rings is 2. The lowest BCUT2D eigenvalue weighted by Gasteiger charge is -2.34. The van der Waals surface area contributed by atoms with Gasteiger partial charge in [-0.2, -0.15) is 5.10 Å². The van der Waals surface area contributed by atoms with Crippen LogP contribution in [0.4, 0.5) is 10.5 Å². The molecule has 1 atom stereocenters. The van der Waals surface area contributed by atoms with Gasteiger partial charge >= 0.3 is 6.03 Å². The van der Waals surface area contributed by atoms with Crippen LogP contribution in [-0.2, 0) is 7.05 Å². The van der Waals surface area contributed by atoms with Gasteiger partial charge < -0.3 is 20.3 Å². The number of aryl methyl sites for hydroxylation is 1. The molecular formula is C25H27N7O2. The second kappa shape index (κ2) is 9.11. The van der Waals surface area contributed by atoms with Crippen molar-refractivity contribution in [3.05, 3.63) is 55.0 Å². The number of methoxy groups -OCH3 is 1. The number of urea groups is 1. The van der Waals surface area contributed by atoms with Crippen LogP contribution in [0.5, 0.6) is 5.75 Å². The monoisotopic (exact) mass is 457 g/mol. The van der Waals surface area contributed by atoms with Gasteiger partial charge in [-0.05, 0) is 13.0 Å². The number of aromatic nitrogens is 4. The fourth-order valence-corrected chi connectivity index (χ4v) is 4.37.